The van der Waals surface area contributed by atoms with Crippen molar-refractivity contribution in [3.8, 4) is 0 Å². The number of nitrogens with zero attached hydrogens (tertiary/aromatic N) is 6. The van der Waals surface area contributed by atoms with E-state index in [9.17, 15) is 0 Å². The van der Waals surface area contributed by atoms with Crippen LogP contribution in [0.15, 0.2) is 24.4 Å². The molecule has 0 aliphatic heterocycles. The molecular weight excluding hydrogens is 302 g/mol. The second-order valence-electron chi connectivity index (χ2n) is 5.95. The van der Waals surface area contributed by atoms with Crippen LogP contribution >= 0.6 is 0 Å². The molecule has 24 heavy (non-hydrogen) atoms. The van der Waals surface area contributed by atoms with Crippen molar-refractivity contribution in [1.82, 2.24) is 30.0 Å². The van der Waals surface area contributed by atoms with Gasteiger partial charge in [0.1, 0.15) is 11.4 Å². The summed E-state index contributed by atoms with van der Waals surface area (Å²) in [4.78, 5) is 1.70. The van der Waals surface area contributed by atoms with E-state index in [1.807, 2.05) is 20.0 Å². The van der Waals surface area contributed by atoms with Gasteiger partial charge < -0.3 is 5.32 Å². The largest absolute Gasteiger partial charge is 0.379 e. The van der Waals surface area contributed by atoms with Gasteiger partial charge in [-0.1, -0.05) is 23.4 Å². The topological polar surface area (TPSA) is 73.5 Å². The molecule has 0 aliphatic carbocycles. The average Bonchev–Trinajstić information content (AvgIpc) is 3.14. The Morgan fingerprint density at radius 1 is 1.08 bits per heavy atom. The van der Waals surface area contributed by atoms with Crippen LogP contribution in [0.25, 0.3) is 0 Å². The van der Waals surface area contributed by atoms with E-state index in [1.165, 1.54) is 11.1 Å². The maximum Gasteiger partial charge on any atom is 0.107 e. The Bertz CT molecular complexity index is 811. The first kappa shape index (κ1) is 16.2. The van der Waals surface area contributed by atoms with E-state index in [0.29, 0.717) is 13.1 Å². The third kappa shape index (κ3) is 3.45. The molecule has 0 saturated heterocycles. The fraction of sp³-hybridized carbons (Fsp3) is 0.412. The maximum atomic E-state index is 4.45. The smallest absolute Gasteiger partial charge is 0.107 e. The van der Waals surface area contributed by atoms with Crippen molar-refractivity contribution in [1.29, 1.82) is 0 Å². The zero-order chi connectivity index (χ0) is 17.1. The standard InChI is InChI=1S/C17H23N7/c1-5-24-20-14(4)16(21-24)11-23-10-15(19-22-23)9-18-17-12(2)7-6-8-13(17)3/h6-8,10,18H,5,9,11H2,1-4H3. The van der Waals surface area contributed by atoms with Gasteiger partial charge >= 0.3 is 0 Å². The Morgan fingerprint density at radius 3 is 2.50 bits per heavy atom. The molecule has 3 aromatic rings. The lowest BCUT2D eigenvalue weighted by Crippen LogP contribution is -2.04. The van der Waals surface area contributed by atoms with E-state index in [1.54, 1.807) is 9.48 Å². The van der Waals surface area contributed by atoms with Gasteiger partial charge in [-0.3, -0.25) is 0 Å². The molecule has 7 heteroatoms. The number of aryl methyl sites for hydroxylation is 4. The fourth-order valence-electron chi connectivity index (χ4n) is 2.67. The lowest BCUT2D eigenvalue weighted by molar-refractivity contribution is 0.553. The minimum Gasteiger partial charge on any atom is -0.379 e. The Labute approximate surface area is 141 Å². The summed E-state index contributed by atoms with van der Waals surface area (Å²) in [7, 11) is 0. The molecule has 126 valence electrons. The first-order chi connectivity index (χ1) is 11.6. The van der Waals surface area contributed by atoms with E-state index < -0.39 is 0 Å². The molecule has 1 aromatic carbocycles. The number of rotatable bonds is 6. The molecule has 3 rings (SSSR count). The summed E-state index contributed by atoms with van der Waals surface area (Å²) < 4.78 is 1.80. The summed E-state index contributed by atoms with van der Waals surface area (Å²) in [5.41, 5.74) is 6.38. The third-order valence-electron chi connectivity index (χ3n) is 4.03. The molecule has 0 amide bonds. The first-order valence-corrected chi connectivity index (χ1v) is 8.16. The zero-order valence-electron chi connectivity index (χ0n) is 14.6. The van der Waals surface area contributed by atoms with E-state index in [-0.39, 0.29) is 0 Å². The summed E-state index contributed by atoms with van der Waals surface area (Å²) in [5.74, 6) is 0. The minimum absolute atomic E-state index is 0.586. The Hall–Kier alpha value is -2.70. The second-order valence-corrected chi connectivity index (χ2v) is 5.95. The fourth-order valence-corrected chi connectivity index (χ4v) is 2.67. The van der Waals surface area contributed by atoms with Crippen molar-refractivity contribution in [3.05, 3.63) is 52.6 Å². The average molecular weight is 325 g/mol. The summed E-state index contributed by atoms with van der Waals surface area (Å²) in [5, 5.41) is 20.7. The van der Waals surface area contributed by atoms with Crippen molar-refractivity contribution in [2.75, 3.05) is 5.32 Å². The lowest BCUT2D eigenvalue weighted by Gasteiger charge is -2.10. The molecule has 7 nitrogen and oxygen atoms in total. The first-order valence-electron chi connectivity index (χ1n) is 8.16. The van der Waals surface area contributed by atoms with Crippen molar-refractivity contribution < 1.29 is 0 Å². The van der Waals surface area contributed by atoms with Crippen LogP contribution in [0, 0.1) is 20.8 Å². The van der Waals surface area contributed by atoms with Crippen LogP contribution in [-0.4, -0.2) is 30.0 Å². The molecule has 0 aliphatic rings. The summed E-state index contributed by atoms with van der Waals surface area (Å²) >= 11 is 0. The van der Waals surface area contributed by atoms with Gasteiger partial charge in [-0.05, 0) is 38.8 Å². The van der Waals surface area contributed by atoms with Gasteiger partial charge in [-0.2, -0.15) is 15.0 Å². The molecule has 0 spiro atoms. The van der Waals surface area contributed by atoms with E-state index in [2.05, 4.69) is 57.9 Å². The number of hydrogen-bond acceptors (Lipinski definition) is 5. The molecule has 2 aromatic heterocycles. The number of aromatic nitrogens is 6. The van der Waals surface area contributed by atoms with Gasteiger partial charge in [0.05, 0.1) is 31.5 Å². The minimum atomic E-state index is 0.586. The van der Waals surface area contributed by atoms with E-state index >= 15 is 0 Å². The van der Waals surface area contributed by atoms with Crippen LogP contribution < -0.4 is 5.32 Å². The molecule has 0 fully saturated rings. The van der Waals surface area contributed by atoms with Gasteiger partial charge in [-0.15, -0.1) is 5.10 Å². The quantitative estimate of drug-likeness (QED) is 0.754. The van der Waals surface area contributed by atoms with Crippen LogP contribution in [0.5, 0.6) is 0 Å². The normalized spacial score (nSPS) is 11.0. The molecule has 0 radical (unpaired) electrons. The molecule has 0 unspecified atom stereocenters. The molecule has 1 N–H and O–H groups in total. The highest BCUT2D eigenvalue weighted by Gasteiger charge is 2.09. The Morgan fingerprint density at radius 2 is 1.83 bits per heavy atom. The molecule has 0 bridgehead atoms. The van der Waals surface area contributed by atoms with Crippen molar-refractivity contribution in [2.45, 2.75) is 47.3 Å². The Balaban J connectivity index is 1.66. The van der Waals surface area contributed by atoms with Gasteiger partial charge in [0.15, 0.2) is 0 Å². The maximum absolute atomic E-state index is 4.45. The molecule has 0 saturated carbocycles. The molecular formula is C17H23N7. The van der Waals surface area contributed by atoms with Gasteiger partial charge in [-0.25, -0.2) is 4.68 Å². The second kappa shape index (κ2) is 6.82. The van der Waals surface area contributed by atoms with Crippen LogP contribution in [0.3, 0.4) is 0 Å². The number of para-hydroxylation sites is 1. The van der Waals surface area contributed by atoms with Crippen LogP contribution in [0.4, 0.5) is 5.69 Å². The molecule has 0 atom stereocenters. The van der Waals surface area contributed by atoms with E-state index in [0.717, 1.165) is 29.3 Å². The van der Waals surface area contributed by atoms with Crippen molar-refractivity contribution >= 4 is 5.69 Å². The van der Waals surface area contributed by atoms with Crippen molar-refractivity contribution in [3.63, 3.8) is 0 Å². The third-order valence-corrected chi connectivity index (χ3v) is 4.03. The SMILES string of the molecule is CCn1nc(C)c(Cn2cc(CNc3c(C)cccc3C)nn2)n1. The number of nitrogens with one attached hydrogen (secondary N) is 1. The number of hydrogen-bond donors (Lipinski definition) is 1. The predicted octanol–water partition coefficient (Wildman–Crippen LogP) is 2.48. The highest BCUT2D eigenvalue weighted by atomic mass is 15.5. The van der Waals surface area contributed by atoms with Crippen LogP contribution in [0.2, 0.25) is 0 Å². The van der Waals surface area contributed by atoms with Crippen molar-refractivity contribution in [2.24, 2.45) is 0 Å². The lowest BCUT2D eigenvalue weighted by atomic mass is 10.1. The Kier molecular flexibility index (Phi) is 4.59. The number of benzene rings is 1. The highest BCUT2D eigenvalue weighted by molar-refractivity contribution is 5.56. The van der Waals surface area contributed by atoms with Crippen LogP contribution in [-0.2, 0) is 19.6 Å². The monoisotopic (exact) mass is 325 g/mol. The van der Waals surface area contributed by atoms with E-state index in [4.69, 9.17) is 0 Å². The summed E-state index contributed by atoms with van der Waals surface area (Å²) in [6.07, 6.45) is 1.95. The summed E-state index contributed by atoms with van der Waals surface area (Å²) in [6.45, 7) is 10.2. The number of anilines is 1. The predicted molar refractivity (Wildman–Crippen MR) is 92.8 cm³/mol. The summed E-state index contributed by atoms with van der Waals surface area (Å²) in [6, 6.07) is 6.27. The molecule has 2 heterocycles. The highest BCUT2D eigenvalue weighted by Crippen LogP contribution is 2.19. The van der Waals surface area contributed by atoms with Crippen LogP contribution in [0.1, 0.15) is 35.1 Å². The van der Waals surface area contributed by atoms with Gasteiger partial charge in [0, 0.05) is 5.69 Å². The van der Waals surface area contributed by atoms with Gasteiger partial charge in [0.2, 0.25) is 0 Å². The van der Waals surface area contributed by atoms with Gasteiger partial charge in [0.25, 0.3) is 0 Å². The zero-order valence-corrected chi connectivity index (χ0v) is 14.6.